The molecular weight excluding hydrogens is 675 g/mol. The Morgan fingerprint density at radius 2 is 0.768 bits per heavy atom. The Labute approximate surface area is 330 Å². The Hall–Kier alpha value is -6.44. The van der Waals surface area contributed by atoms with Crippen molar-refractivity contribution in [1.82, 2.24) is 0 Å². The highest BCUT2D eigenvalue weighted by Crippen LogP contribution is 2.58. The highest BCUT2D eigenvalue weighted by atomic mass is 15.1. The van der Waals surface area contributed by atoms with Crippen LogP contribution >= 0.6 is 0 Å². The van der Waals surface area contributed by atoms with Crippen LogP contribution in [0.4, 0.5) is 17.1 Å². The summed E-state index contributed by atoms with van der Waals surface area (Å²) in [6.07, 6.45) is 0. The second-order valence-electron chi connectivity index (χ2n) is 16.9. The Kier molecular flexibility index (Phi) is 6.93. The van der Waals surface area contributed by atoms with Gasteiger partial charge in [0.15, 0.2) is 0 Å². The molecule has 0 aliphatic heterocycles. The molecule has 8 aromatic carbocycles. The summed E-state index contributed by atoms with van der Waals surface area (Å²) < 4.78 is 0. The van der Waals surface area contributed by atoms with Gasteiger partial charge < -0.3 is 4.90 Å². The molecule has 0 radical (unpaired) electrons. The molecule has 1 nitrogen and oxygen atoms in total. The average molecular weight is 718 g/mol. The first-order chi connectivity index (χ1) is 27.3. The summed E-state index contributed by atoms with van der Waals surface area (Å²) in [5, 5.41) is 0. The number of fused-ring (bicyclic) bond motifs is 9. The Morgan fingerprint density at radius 1 is 0.321 bits per heavy atom. The standard InChI is InChI=1S/C55H43N/c1-53(2)46-24-12-8-19-40(46)44-34-33-39(35-50(44)53)56(51-28-16-23-45-43-22-9-13-25-47(43)54(3,4)52(45)51)38-31-29-37(30-32-38)55(36-17-6-5-7-18-36)48-26-14-10-20-41(48)42-21-11-15-27-49(42)55/h5-35H,1-4H3. The minimum absolute atomic E-state index is 0.114. The lowest BCUT2D eigenvalue weighted by molar-refractivity contribution is 0.658. The van der Waals surface area contributed by atoms with Gasteiger partial charge in [0.05, 0.1) is 11.1 Å². The van der Waals surface area contributed by atoms with Crippen LogP contribution < -0.4 is 4.90 Å². The summed E-state index contributed by atoms with van der Waals surface area (Å²) in [5.41, 5.74) is 21.5. The third-order valence-corrected chi connectivity index (χ3v) is 13.3. The smallest absolute Gasteiger partial charge is 0.0713 e. The quantitative estimate of drug-likeness (QED) is 0.171. The molecule has 8 aromatic rings. The summed E-state index contributed by atoms with van der Waals surface area (Å²) in [6, 6.07) is 70.6. The van der Waals surface area contributed by atoms with Gasteiger partial charge in [-0.05, 0) is 108 Å². The van der Waals surface area contributed by atoms with Crippen molar-refractivity contribution in [3.05, 3.63) is 233 Å². The Morgan fingerprint density at radius 3 is 1.39 bits per heavy atom. The minimum Gasteiger partial charge on any atom is -0.310 e. The van der Waals surface area contributed by atoms with E-state index in [1.807, 2.05) is 0 Å². The van der Waals surface area contributed by atoms with Crippen molar-refractivity contribution >= 4 is 17.1 Å². The van der Waals surface area contributed by atoms with Crippen molar-refractivity contribution in [2.45, 2.75) is 43.9 Å². The van der Waals surface area contributed by atoms with Gasteiger partial charge in [0.1, 0.15) is 0 Å². The van der Waals surface area contributed by atoms with E-state index in [4.69, 9.17) is 0 Å². The summed E-state index contributed by atoms with van der Waals surface area (Å²) in [4.78, 5) is 2.53. The molecule has 0 spiro atoms. The van der Waals surface area contributed by atoms with Crippen LogP contribution in [0.5, 0.6) is 0 Å². The van der Waals surface area contributed by atoms with Crippen molar-refractivity contribution in [3.8, 4) is 33.4 Å². The monoisotopic (exact) mass is 717 g/mol. The first-order valence-electron chi connectivity index (χ1n) is 19.9. The number of benzene rings is 8. The maximum Gasteiger partial charge on any atom is 0.0713 e. The molecule has 0 heterocycles. The topological polar surface area (TPSA) is 3.24 Å². The van der Waals surface area contributed by atoms with Crippen molar-refractivity contribution in [2.24, 2.45) is 0 Å². The van der Waals surface area contributed by atoms with Crippen LogP contribution in [0, 0.1) is 0 Å². The number of anilines is 3. The highest BCUT2D eigenvalue weighted by Gasteiger charge is 2.46. The predicted octanol–water partition coefficient (Wildman–Crippen LogP) is 14.1. The van der Waals surface area contributed by atoms with Gasteiger partial charge in [-0.3, -0.25) is 0 Å². The molecule has 11 rings (SSSR count). The third kappa shape index (κ3) is 4.32. The molecule has 3 aliphatic rings. The van der Waals surface area contributed by atoms with E-state index in [0.717, 1.165) is 5.69 Å². The van der Waals surface area contributed by atoms with Gasteiger partial charge in [-0.25, -0.2) is 0 Å². The van der Waals surface area contributed by atoms with Crippen LogP contribution in [0.25, 0.3) is 33.4 Å². The molecule has 0 atom stereocenters. The molecule has 0 saturated heterocycles. The van der Waals surface area contributed by atoms with E-state index in [-0.39, 0.29) is 10.8 Å². The molecule has 1 heteroatoms. The normalized spacial score (nSPS) is 15.6. The van der Waals surface area contributed by atoms with Crippen LogP contribution in [-0.4, -0.2) is 0 Å². The van der Waals surface area contributed by atoms with Crippen molar-refractivity contribution < 1.29 is 0 Å². The zero-order valence-corrected chi connectivity index (χ0v) is 32.3. The fourth-order valence-corrected chi connectivity index (χ4v) is 10.8. The first kappa shape index (κ1) is 32.9. The molecule has 56 heavy (non-hydrogen) atoms. The van der Waals surface area contributed by atoms with Gasteiger partial charge in [0.25, 0.3) is 0 Å². The van der Waals surface area contributed by atoms with E-state index in [9.17, 15) is 0 Å². The second-order valence-corrected chi connectivity index (χ2v) is 16.9. The maximum absolute atomic E-state index is 2.53. The van der Waals surface area contributed by atoms with Gasteiger partial charge in [-0.2, -0.15) is 0 Å². The van der Waals surface area contributed by atoms with Crippen molar-refractivity contribution in [2.75, 3.05) is 4.90 Å². The SMILES string of the molecule is CC1(C)c2ccccc2-c2ccc(N(c3ccc(C4(c5ccccc5)c5ccccc5-c5ccccc54)cc3)c3cccc4c3C(C)(C)c3ccccc3-4)cc21. The molecular formula is C55H43N. The molecule has 0 aromatic heterocycles. The summed E-state index contributed by atoms with van der Waals surface area (Å²) >= 11 is 0. The number of nitrogens with zero attached hydrogens (tertiary/aromatic N) is 1. The number of rotatable bonds is 5. The zero-order valence-electron chi connectivity index (χ0n) is 32.3. The summed E-state index contributed by atoms with van der Waals surface area (Å²) in [5.74, 6) is 0. The molecule has 3 aliphatic carbocycles. The lowest BCUT2D eigenvalue weighted by atomic mass is 9.67. The second kappa shape index (κ2) is 11.8. The fourth-order valence-electron chi connectivity index (χ4n) is 10.8. The van der Waals surface area contributed by atoms with Gasteiger partial charge >= 0.3 is 0 Å². The van der Waals surface area contributed by atoms with Crippen LogP contribution in [0.3, 0.4) is 0 Å². The van der Waals surface area contributed by atoms with Crippen LogP contribution in [0.2, 0.25) is 0 Å². The molecule has 0 fully saturated rings. The predicted molar refractivity (Wildman–Crippen MR) is 234 cm³/mol. The average Bonchev–Trinajstić information content (AvgIpc) is 3.77. The van der Waals surface area contributed by atoms with E-state index < -0.39 is 5.41 Å². The molecule has 0 amide bonds. The Bertz CT molecular complexity index is 2810. The molecule has 268 valence electrons. The molecule has 0 bridgehead atoms. The number of hydrogen-bond acceptors (Lipinski definition) is 1. The maximum atomic E-state index is 2.53. The van der Waals surface area contributed by atoms with Crippen LogP contribution in [-0.2, 0) is 16.2 Å². The van der Waals surface area contributed by atoms with Gasteiger partial charge in [-0.15, -0.1) is 0 Å². The molecule has 0 N–H and O–H groups in total. The summed E-state index contributed by atoms with van der Waals surface area (Å²) in [7, 11) is 0. The van der Waals surface area contributed by atoms with Crippen molar-refractivity contribution in [3.63, 3.8) is 0 Å². The van der Waals surface area contributed by atoms with Gasteiger partial charge in [-0.1, -0.05) is 185 Å². The van der Waals surface area contributed by atoms with Gasteiger partial charge in [0.2, 0.25) is 0 Å². The van der Waals surface area contributed by atoms with Crippen LogP contribution in [0.1, 0.15) is 72.2 Å². The van der Waals surface area contributed by atoms with E-state index in [1.54, 1.807) is 0 Å². The molecule has 0 unspecified atom stereocenters. The first-order valence-corrected chi connectivity index (χ1v) is 19.9. The fraction of sp³-hybridized carbons (Fsp3) is 0.127. The lowest BCUT2D eigenvalue weighted by Gasteiger charge is -2.35. The van der Waals surface area contributed by atoms with Crippen molar-refractivity contribution in [1.29, 1.82) is 0 Å². The largest absolute Gasteiger partial charge is 0.310 e. The zero-order chi connectivity index (χ0) is 37.8. The lowest BCUT2D eigenvalue weighted by Crippen LogP contribution is -2.28. The van der Waals surface area contributed by atoms with E-state index in [2.05, 4.69) is 221 Å². The summed E-state index contributed by atoms with van der Waals surface area (Å²) in [6.45, 7) is 9.54. The third-order valence-electron chi connectivity index (χ3n) is 13.3. The molecule has 0 saturated carbocycles. The highest BCUT2D eigenvalue weighted by molar-refractivity contribution is 5.92. The Balaban J connectivity index is 1.14. The van der Waals surface area contributed by atoms with Crippen LogP contribution in [0.15, 0.2) is 188 Å². The van der Waals surface area contributed by atoms with E-state index >= 15 is 0 Å². The van der Waals surface area contributed by atoms with E-state index in [0.29, 0.717) is 0 Å². The minimum atomic E-state index is -0.446. The van der Waals surface area contributed by atoms with Gasteiger partial charge in [0, 0.05) is 22.2 Å². The van der Waals surface area contributed by atoms with E-state index in [1.165, 1.54) is 89.3 Å². The number of hydrogen-bond donors (Lipinski definition) is 0.